The molecule has 1 saturated heterocycles. The van der Waals surface area contributed by atoms with Gasteiger partial charge in [0, 0.05) is 11.6 Å². The molecule has 1 amide bonds. The monoisotopic (exact) mass is 324 g/mol. The molecular weight excluding hydrogens is 300 g/mol. The second-order valence-corrected chi connectivity index (χ2v) is 6.10. The molecule has 0 aromatic heterocycles. The van der Waals surface area contributed by atoms with Crippen molar-refractivity contribution in [2.75, 3.05) is 26.2 Å². The van der Waals surface area contributed by atoms with Crippen LogP contribution in [0.15, 0.2) is 24.3 Å². The van der Waals surface area contributed by atoms with E-state index in [2.05, 4.69) is 10.2 Å². The van der Waals surface area contributed by atoms with Gasteiger partial charge in [-0.15, -0.1) is 0 Å². The number of hydrogen-bond donors (Lipinski definition) is 1. The third kappa shape index (κ3) is 5.50. The maximum atomic E-state index is 12.2. The maximum absolute atomic E-state index is 12.2. The Morgan fingerprint density at radius 1 is 1.41 bits per heavy atom. The number of hydrogen-bond acceptors (Lipinski definition) is 3. The van der Waals surface area contributed by atoms with Crippen LogP contribution in [0.2, 0.25) is 5.02 Å². The minimum atomic E-state index is -0.467. The Morgan fingerprint density at radius 3 is 2.86 bits per heavy atom. The maximum Gasteiger partial charge on any atom is 0.261 e. The van der Waals surface area contributed by atoms with Gasteiger partial charge in [-0.05, 0) is 63.5 Å². The molecule has 1 atom stereocenters. The van der Waals surface area contributed by atoms with Gasteiger partial charge < -0.3 is 15.0 Å². The van der Waals surface area contributed by atoms with E-state index in [-0.39, 0.29) is 5.91 Å². The molecule has 0 unspecified atom stereocenters. The van der Waals surface area contributed by atoms with E-state index in [0.29, 0.717) is 23.7 Å². The van der Waals surface area contributed by atoms with Crippen LogP contribution < -0.4 is 10.1 Å². The molecule has 1 N–H and O–H groups in total. The molecule has 1 heterocycles. The number of carbonyl (C=O) groups excluding carboxylic acids is 1. The topological polar surface area (TPSA) is 41.6 Å². The first kappa shape index (κ1) is 17.1. The second-order valence-electron chi connectivity index (χ2n) is 5.67. The molecule has 0 aliphatic carbocycles. The van der Waals surface area contributed by atoms with Gasteiger partial charge in [0.25, 0.3) is 5.91 Å². The summed E-state index contributed by atoms with van der Waals surface area (Å²) in [5, 5.41) is 3.58. The smallest absolute Gasteiger partial charge is 0.261 e. The molecular formula is C17H25ClN2O2. The van der Waals surface area contributed by atoms with Gasteiger partial charge in [-0.3, -0.25) is 4.79 Å². The van der Waals surface area contributed by atoms with E-state index >= 15 is 0 Å². The van der Waals surface area contributed by atoms with E-state index in [1.54, 1.807) is 12.1 Å². The summed E-state index contributed by atoms with van der Waals surface area (Å²) >= 11 is 5.93. The van der Waals surface area contributed by atoms with Crippen LogP contribution in [0.1, 0.15) is 32.6 Å². The highest BCUT2D eigenvalue weighted by Gasteiger charge is 2.18. The van der Waals surface area contributed by atoms with Crippen molar-refractivity contribution in [3.05, 3.63) is 29.3 Å². The first-order valence-corrected chi connectivity index (χ1v) is 8.49. The molecule has 22 heavy (non-hydrogen) atoms. The van der Waals surface area contributed by atoms with Gasteiger partial charge in [0.15, 0.2) is 6.10 Å². The van der Waals surface area contributed by atoms with Gasteiger partial charge in [0.1, 0.15) is 5.75 Å². The molecule has 4 nitrogen and oxygen atoms in total. The van der Waals surface area contributed by atoms with Crippen molar-refractivity contribution in [1.29, 1.82) is 0 Å². The fraction of sp³-hybridized carbons (Fsp3) is 0.588. The molecule has 0 saturated carbocycles. The number of likely N-dealkylation sites (tertiary alicyclic amines) is 1. The number of rotatable bonds is 8. The third-order valence-electron chi connectivity index (χ3n) is 3.89. The summed E-state index contributed by atoms with van der Waals surface area (Å²) in [7, 11) is 0. The van der Waals surface area contributed by atoms with Gasteiger partial charge in [0.2, 0.25) is 0 Å². The van der Waals surface area contributed by atoms with Crippen molar-refractivity contribution < 1.29 is 9.53 Å². The van der Waals surface area contributed by atoms with Crippen LogP contribution in [-0.4, -0.2) is 43.1 Å². The lowest BCUT2D eigenvalue weighted by Crippen LogP contribution is -2.39. The second kappa shape index (κ2) is 9.01. The summed E-state index contributed by atoms with van der Waals surface area (Å²) in [5.41, 5.74) is 0. The Labute approximate surface area is 137 Å². The van der Waals surface area contributed by atoms with Crippen molar-refractivity contribution in [2.45, 2.75) is 38.7 Å². The van der Waals surface area contributed by atoms with Crippen LogP contribution in [0.3, 0.4) is 0 Å². The van der Waals surface area contributed by atoms with Gasteiger partial charge >= 0.3 is 0 Å². The number of nitrogens with zero attached hydrogens (tertiary/aromatic N) is 1. The molecule has 0 bridgehead atoms. The highest BCUT2D eigenvalue weighted by Crippen LogP contribution is 2.19. The molecule has 2 rings (SSSR count). The average Bonchev–Trinajstić information content (AvgIpc) is 3.02. The standard InChI is InChI=1S/C17H25ClN2O2/c1-2-16(22-15-8-5-7-14(18)13-15)17(21)19-9-6-12-20-10-3-4-11-20/h5,7-8,13,16H,2-4,6,9-12H2,1H3,(H,19,21)/t16-/m0/s1. The lowest BCUT2D eigenvalue weighted by molar-refractivity contribution is -0.128. The predicted octanol–water partition coefficient (Wildman–Crippen LogP) is 3.10. The Bertz CT molecular complexity index is 475. The van der Waals surface area contributed by atoms with E-state index in [0.717, 1.165) is 13.0 Å². The first-order chi connectivity index (χ1) is 10.7. The Hall–Kier alpha value is -1.26. The Kier molecular flexibility index (Phi) is 7.00. The summed E-state index contributed by atoms with van der Waals surface area (Å²) in [6.07, 6.45) is 3.75. The molecule has 1 aromatic carbocycles. The molecule has 0 radical (unpaired) electrons. The Balaban J connectivity index is 1.71. The minimum Gasteiger partial charge on any atom is -0.481 e. The summed E-state index contributed by atoms with van der Waals surface area (Å²) in [5.74, 6) is 0.579. The van der Waals surface area contributed by atoms with Crippen LogP contribution in [0.4, 0.5) is 0 Å². The quantitative estimate of drug-likeness (QED) is 0.747. The van der Waals surface area contributed by atoms with Gasteiger partial charge in [0.05, 0.1) is 0 Å². The zero-order chi connectivity index (χ0) is 15.8. The molecule has 122 valence electrons. The molecule has 1 aliphatic heterocycles. The highest BCUT2D eigenvalue weighted by molar-refractivity contribution is 6.30. The fourth-order valence-corrected chi connectivity index (χ4v) is 2.84. The fourth-order valence-electron chi connectivity index (χ4n) is 2.66. The zero-order valence-electron chi connectivity index (χ0n) is 13.2. The predicted molar refractivity (Wildman–Crippen MR) is 89.5 cm³/mol. The van der Waals surface area contributed by atoms with Crippen LogP contribution in [0, 0.1) is 0 Å². The molecule has 1 fully saturated rings. The highest BCUT2D eigenvalue weighted by atomic mass is 35.5. The van der Waals surface area contributed by atoms with E-state index in [9.17, 15) is 4.79 Å². The van der Waals surface area contributed by atoms with Gasteiger partial charge in [-0.25, -0.2) is 0 Å². The van der Waals surface area contributed by atoms with Crippen molar-refractivity contribution in [3.63, 3.8) is 0 Å². The third-order valence-corrected chi connectivity index (χ3v) is 4.12. The Morgan fingerprint density at radius 2 is 2.18 bits per heavy atom. The summed E-state index contributed by atoms with van der Waals surface area (Å²) < 4.78 is 5.73. The number of benzene rings is 1. The van der Waals surface area contributed by atoms with E-state index in [1.807, 2.05) is 19.1 Å². The van der Waals surface area contributed by atoms with Gasteiger partial charge in [-0.2, -0.15) is 0 Å². The largest absolute Gasteiger partial charge is 0.481 e. The van der Waals surface area contributed by atoms with E-state index < -0.39 is 6.10 Å². The van der Waals surface area contributed by atoms with Crippen LogP contribution in [0.25, 0.3) is 0 Å². The lowest BCUT2D eigenvalue weighted by Gasteiger charge is -2.18. The van der Waals surface area contributed by atoms with Crippen molar-refractivity contribution in [1.82, 2.24) is 10.2 Å². The number of halogens is 1. The summed E-state index contributed by atoms with van der Waals surface area (Å²) in [6.45, 7) is 6.10. The van der Waals surface area contributed by atoms with Crippen molar-refractivity contribution >= 4 is 17.5 Å². The number of ether oxygens (including phenoxy) is 1. The molecule has 1 aliphatic rings. The molecule has 0 spiro atoms. The first-order valence-electron chi connectivity index (χ1n) is 8.11. The van der Waals surface area contributed by atoms with Crippen LogP contribution >= 0.6 is 11.6 Å². The van der Waals surface area contributed by atoms with Gasteiger partial charge in [-0.1, -0.05) is 24.6 Å². The average molecular weight is 325 g/mol. The van der Waals surface area contributed by atoms with Crippen LogP contribution in [0.5, 0.6) is 5.75 Å². The summed E-state index contributed by atoms with van der Waals surface area (Å²) in [4.78, 5) is 14.6. The number of nitrogens with one attached hydrogen (secondary N) is 1. The van der Waals surface area contributed by atoms with Crippen molar-refractivity contribution in [2.24, 2.45) is 0 Å². The normalized spacial score (nSPS) is 16.5. The molecule has 5 heteroatoms. The minimum absolute atomic E-state index is 0.0519. The van der Waals surface area contributed by atoms with E-state index in [4.69, 9.17) is 16.3 Å². The summed E-state index contributed by atoms with van der Waals surface area (Å²) in [6, 6.07) is 7.15. The van der Waals surface area contributed by atoms with Crippen molar-refractivity contribution in [3.8, 4) is 5.75 Å². The lowest BCUT2D eigenvalue weighted by atomic mass is 10.2. The SMILES string of the molecule is CC[C@H](Oc1cccc(Cl)c1)C(=O)NCCCN1CCCC1. The number of amides is 1. The molecule has 1 aromatic rings. The van der Waals surface area contributed by atoms with Crippen LogP contribution in [-0.2, 0) is 4.79 Å². The zero-order valence-corrected chi connectivity index (χ0v) is 13.9. The number of carbonyl (C=O) groups is 1. The van der Waals surface area contributed by atoms with E-state index in [1.165, 1.54) is 25.9 Å².